The number of para-hydroxylation sites is 1. The average molecular weight is 293 g/mol. The number of carboxylic acid groups (broad SMARTS) is 1. The Morgan fingerprint density at radius 1 is 1.35 bits per heavy atom. The number of hydrogen-bond donors (Lipinski definition) is 2. The minimum atomic E-state index is -1.29. The zero-order valence-corrected chi connectivity index (χ0v) is 11.5. The van der Waals surface area contributed by atoms with Gasteiger partial charge in [-0.05, 0) is 35.6 Å². The molecule has 0 aliphatic heterocycles. The van der Waals surface area contributed by atoms with Crippen LogP contribution in [0.25, 0.3) is 0 Å². The van der Waals surface area contributed by atoms with E-state index in [9.17, 15) is 14.0 Å². The van der Waals surface area contributed by atoms with Gasteiger partial charge in [-0.25, -0.2) is 9.18 Å². The van der Waals surface area contributed by atoms with Gasteiger partial charge in [-0.1, -0.05) is 13.0 Å². The van der Waals surface area contributed by atoms with Crippen LogP contribution < -0.4 is 5.32 Å². The predicted octanol–water partition coefficient (Wildman–Crippen LogP) is 3.40. The topological polar surface area (TPSA) is 66.4 Å². The number of hydrogen-bond acceptors (Lipinski definition) is 3. The molecule has 0 aliphatic carbocycles. The molecule has 0 radical (unpaired) electrons. The Balaban J connectivity index is 2.35. The van der Waals surface area contributed by atoms with Gasteiger partial charge >= 0.3 is 5.97 Å². The Morgan fingerprint density at radius 2 is 2.10 bits per heavy atom. The van der Waals surface area contributed by atoms with Crippen molar-refractivity contribution in [1.82, 2.24) is 0 Å². The molecule has 4 nitrogen and oxygen atoms in total. The van der Waals surface area contributed by atoms with Crippen molar-refractivity contribution in [1.29, 1.82) is 0 Å². The summed E-state index contributed by atoms with van der Waals surface area (Å²) in [6, 6.07) is 5.46. The molecule has 2 aromatic rings. The second-order valence-electron chi connectivity index (χ2n) is 4.05. The summed E-state index contributed by atoms with van der Waals surface area (Å²) in [5.41, 5.74) is 0.272. The molecule has 20 heavy (non-hydrogen) atoms. The van der Waals surface area contributed by atoms with Crippen LogP contribution in [0.1, 0.15) is 32.5 Å². The highest BCUT2D eigenvalue weighted by Gasteiger charge is 2.19. The average Bonchev–Trinajstić information content (AvgIpc) is 2.89. The Morgan fingerprint density at radius 3 is 2.75 bits per heavy atom. The van der Waals surface area contributed by atoms with Crippen LogP contribution in [0.5, 0.6) is 0 Å². The molecule has 6 heteroatoms. The van der Waals surface area contributed by atoms with Crippen LogP contribution in [0, 0.1) is 5.82 Å². The molecule has 2 rings (SSSR count). The maximum absolute atomic E-state index is 13.7. The van der Waals surface area contributed by atoms with Crippen molar-refractivity contribution >= 4 is 28.9 Å². The number of thiophene rings is 1. The molecule has 1 aromatic carbocycles. The van der Waals surface area contributed by atoms with E-state index >= 15 is 0 Å². The van der Waals surface area contributed by atoms with Gasteiger partial charge in [0.15, 0.2) is 0 Å². The maximum Gasteiger partial charge on any atom is 0.337 e. The second kappa shape index (κ2) is 5.83. The van der Waals surface area contributed by atoms with Crippen LogP contribution in [0.3, 0.4) is 0 Å². The summed E-state index contributed by atoms with van der Waals surface area (Å²) in [5.74, 6) is -2.56. The third-order valence-electron chi connectivity index (χ3n) is 2.82. The molecule has 104 valence electrons. The molecule has 1 aromatic heterocycles. The summed E-state index contributed by atoms with van der Waals surface area (Å²) >= 11 is 1.24. The number of halogens is 1. The number of aromatic carboxylic acids is 1. The third kappa shape index (κ3) is 2.70. The molecular formula is C14H12FNO3S. The molecule has 1 heterocycles. The highest BCUT2D eigenvalue weighted by atomic mass is 32.1. The van der Waals surface area contributed by atoms with Gasteiger partial charge in [0.05, 0.1) is 16.1 Å². The van der Waals surface area contributed by atoms with Crippen molar-refractivity contribution < 1.29 is 19.1 Å². The van der Waals surface area contributed by atoms with Crippen LogP contribution in [0.4, 0.5) is 10.1 Å². The smallest absolute Gasteiger partial charge is 0.337 e. The van der Waals surface area contributed by atoms with E-state index in [-0.39, 0.29) is 11.3 Å². The molecule has 0 atom stereocenters. The summed E-state index contributed by atoms with van der Waals surface area (Å²) in [7, 11) is 0. The van der Waals surface area contributed by atoms with Crippen LogP contribution in [-0.4, -0.2) is 17.0 Å². The molecule has 0 spiro atoms. The van der Waals surface area contributed by atoms with Crippen molar-refractivity contribution in [3.63, 3.8) is 0 Å². The normalized spacial score (nSPS) is 10.3. The molecular weight excluding hydrogens is 281 g/mol. The third-order valence-corrected chi connectivity index (χ3v) is 3.77. The van der Waals surface area contributed by atoms with Gasteiger partial charge in [-0.3, -0.25) is 4.79 Å². The van der Waals surface area contributed by atoms with Crippen LogP contribution in [-0.2, 0) is 6.42 Å². The highest BCUT2D eigenvalue weighted by molar-refractivity contribution is 7.12. The number of aryl methyl sites for hydroxylation is 1. The van der Waals surface area contributed by atoms with Crippen molar-refractivity contribution in [2.45, 2.75) is 13.3 Å². The fraction of sp³-hybridized carbons (Fsp3) is 0.143. The number of amides is 1. The van der Waals surface area contributed by atoms with Gasteiger partial charge in [-0.2, -0.15) is 0 Å². The molecule has 0 aliphatic rings. The highest BCUT2D eigenvalue weighted by Crippen LogP contribution is 2.23. The maximum atomic E-state index is 13.7. The predicted molar refractivity (Wildman–Crippen MR) is 75.0 cm³/mol. The Hall–Kier alpha value is -2.21. The minimum absolute atomic E-state index is 0.270. The van der Waals surface area contributed by atoms with E-state index in [0.717, 1.165) is 11.6 Å². The van der Waals surface area contributed by atoms with Gasteiger partial charge in [-0.15, -0.1) is 11.3 Å². The summed E-state index contributed by atoms with van der Waals surface area (Å²) in [6.07, 6.45) is 0.676. The lowest BCUT2D eigenvalue weighted by Crippen LogP contribution is -2.16. The van der Waals surface area contributed by atoms with Crippen LogP contribution in [0.2, 0.25) is 0 Å². The zero-order valence-electron chi connectivity index (χ0n) is 10.6. The fourth-order valence-electron chi connectivity index (χ4n) is 1.81. The van der Waals surface area contributed by atoms with Gasteiger partial charge in [0, 0.05) is 0 Å². The quantitative estimate of drug-likeness (QED) is 0.908. The number of carbonyl (C=O) groups excluding carboxylic acids is 1. The first-order valence-electron chi connectivity index (χ1n) is 5.94. The molecule has 0 fully saturated rings. The van der Waals surface area contributed by atoms with Crippen LogP contribution >= 0.6 is 11.3 Å². The van der Waals surface area contributed by atoms with E-state index in [1.165, 1.54) is 23.5 Å². The first kappa shape index (κ1) is 14.2. The van der Waals surface area contributed by atoms with E-state index in [4.69, 9.17) is 5.11 Å². The Labute approximate surface area is 118 Å². The lowest BCUT2D eigenvalue weighted by molar-refractivity contribution is 0.0697. The van der Waals surface area contributed by atoms with Crippen molar-refractivity contribution in [2.75, 3.05) is 5.32 Å². The van der Waals surface area contributed by atoms with E-state index in [0.29, 0.717) is 11.3 Å². The lowest BCUT2D eigenvalue weighted by atomic mass is 10.1. The molecule has 1 amide bonds. The van der Waals surface area contributed by atoms with Crippen molar-refractivity contribution in [2.24, 2.45) is 0 Å². The van der Waals surface area contributed by atoms with Gasteiger partial charge < -0.3 is 10.4 Å². The van der Waals surface area contributed by atoms with Crippen molar-refractivity contribution in [3.05, 3.63) is 51.5 Å². The minimum Gasteiger partial charge on any atom is -0.478 e. The lowest BCUT2D eigenvalue weighted by Gasteiger charge is -2.09. The standard InChI is InChI=1S/C14H12FNO3S/c1-2-8-6-7-20-12(8)13(17)16-11-9(14(18)19)4-3-5-10(11)15/h3-7H,2H2,1H3,(H,16,17)(H,18,19). The van der Waals surface area contributed by atoms with Crippen molar-refractivity contribution in [3.8, 4) is 0 Å². The monoisotopic (exact) mass is 293 g/mol. The SMILES string of the molecule is CCc1ccsc1C(=O)Nc1c(F)cccc1C(=O)O. The molecule has 0 bridgehead atoms. The fourth-order valence-corrected chi connectivity index (χ4v) is 2.70. The number of nitrogens with one attached hydrogen (secondary N) is 1. The van der Waals surface area contributed by atoms with Gasteiger partial charge in [0.2, 0.25) is 0 Å². The first-order valence-corrected chi connectivity index (χ1v) is 6.82. The number of carboxylic acids is 1. The number of benzene rings is 1. The molecule has 0 unspecified atom stereocenters. The Kier molecular flexibility index (Phi) is 4.14. The van der Waals surface area contributed by atoms with E-state index in [2.05, 4.69) is 5.32 Å². The van der Waals surface area contributed by atoms with E-state index < -0.39 is 17.7 Å². The summed E-state index contributed by atoms with van der Waals surface area (Å²) in [6.45, 7) is 1.91. The van der Waals surface area contributed by atoms with Gasteiger partial charge in [0.25, 0.3) is 5.91 Å². The summed E-state index contributed by atoms with van der Waals surface area (Å²) < 4.78 is 13.7. The number of anilines is 1. The zero-order chi connectivity index (χ0) is 14.7. The van der Waals surface area contributed by atoms with E-state index in [1.807, 2.05) is 13.0 Å². The largest absolute Gasteiger partial charge is 0.478 e. The molecule has 0 saturated heterocycles. The summed E-state index contributed by atoms with van der Waals surface area (Å²) in [4.78, 5) is 23.6. The second-order valence-corrected chi connectivity index (χ2v) is 4.97. The number of rotatable bonds is 4. The van der Waals surface area contributed by atoms with Crippen LogP contribution in [0.15, 0.2) is 29.6 Å². The Bertz CT molecular complexity index is 666. The number of carbonyl (C=O) groups is 2. The van der Waals surface area contributed by atoms with E-state index in [1.54, 1.807) is 5.38 Å². The molecule has 2 N–H and O–H groups in total. The summed E-state index contributed by atoms with van der Waals surface area (Å²) in [5, 5.41) is 13.1. The first-order chi connectivity index (χ1) is 9.54. The molecule has 0 saturated carbocycles. The van der Waals surface area contributed by atoms with Gasteiger partial charge in [0.1, 0.15) is 5.82 Å².